The zero-order valence-corrected chi connectivity index (χ0v) is 9.78. The van der Waals surface area contributed by atoms with E-state index in [1.54, 1.807) is 0 Å². The Morgan fingerprint density at radius 1 is 1.46 bits per heavy atom. The Balaban J connectivity index is 2.73. The molecule has 1 aromatic heterocycles. The van der Waals surface area contributed by atoms with Gasteiger partial charge in [-0.05, 0) is 0 Å². The van der Waals surface area contributed by atoms with Crippen molar-refractivity contribution in [3.05, 3.63) is 28.0 Å². The molecule has 0 atom stereocenters. The van der Waals surface area contributed by atoms with Crippen LogP contribution in [0.2, 0.25) is 0 Å². The molecule has 0 saturated carbocycles. The fourth-order valence-corrected chi connectivity index (χ4v) is 4.35. The number of fused-ring (bicyclic) bond motifs is 1. The molecule has 2 aromatic rings. The van der Waals surface area contributed by atoms with Crippen LogP contribution in [0.1, 0.15) is 3.71 Å². The number of aromatic nitrogens is 1. The SMILES string of the molecule is C#CC[n+]1c(C)[te]c2ccccc21. The summed E-state index contributed by atoms with van der Waals surface area (Å²) in [5, 5.41) is 0. The fourth-order valence-electron chi connectivity index (χ4n) is 1.44. The molecule has 0 aliphatic heterocycles. The van der Waals surface area contributed by atoms with Gasteiger partial charge in [0.1, 0.15) is 0 Å². The standard InChI is InChI=1S/C11H10NTe/c1-3-8-12-9(2)13-11-7-5-4-6-10(11)12/h1,4-7H,8H2,2H3/q+1. The van der Waals surface area contributed by atoms with E-state index in [-0.39, 0.29) is 20.4 Å². The third-order valence-corrected chi connectivity index (χ3v) is 5.13. The van der Waals surface area contributed by atoms with Crippen LogP contribution in [0.15, 0.2) is 24.3 Å². The minimum absolute atomic E-state index is 0.125. The summed E-state index contributed by atoms with van der Waals surface area (Å²) in [5.41, 5.74) is 1.33. The summed E-state index contributed by atoms with van der Waals surface area (Å²) in [4.78, 5) is 0. The van der Waals surface area contributed by atoms with Gasteiger partial charge in [-0.25, -0.2) is 0 Å². The molecule has 64 valence electrons. The van der Waals surface area contributed by atoms with Crippen LogP contribution < -0.4 is 4.57 Å². The molecule has 0 aliphatic carbocycles. The number of rotatable bonds is 1. The first-order chi connectivity index (χ1) is 6.33. The molecule has 1 nitrogen and oxygen atoms in total. The van der Waals surface area contributed by atoms with Crippen molar-refractivity contribution >= 4 is 29.3 Å². The van der Waals surface area contributed by atoms with Crippen molar-refractivity contribution in [1.82, 2.24) is 0 Å². The van der Waals surface area contributed by atoms with Gasteiger partial charge in [-0.15, -0.1) is 0 Å². The van der Waals surface area contributed by atoms with Gasteiger partial charge in [0.05, 0.1) is 0 Å². The van der Waals surface area contributed by atoms with E-state index in [1.165, 1.54) is 12.6 Å². The minimum atomic E-state index is -0.125. The molecule has 0 amide bonds. The van der Waals surface area contributed by atoms with E-state index in [4.69, 9.17) is 6.42 Å². The number of benzene rings is 1. The average molecular weight is 284 g/mol. The summed E-state index contributed by atoms with van der Waals surface area (Å²) in [7, 11) is 0. The van der Waals surface area contributed by atoms with Crippen LogP contribution in [0.3, 0.4) is 0 Å². The van der Waals surface area contributed by atoms with Gasteiger partial charge >= 0.3 is 87.7 Å². The second-order valence-electron chi connectivity index (χ2n) is 2.88. The molecule has 1 heterocycles. The molecule has 2 heteroatoms. The molecule has 0 bridgehead atoms. The van der Waals surface area contributed by atoms with Gasteiger partial charge in [-0.3, -0.25) is 0 Å². The third kappa shape index (κ3) is 1.51. The van der Waals surface area contributed by atoms with Crippen molar-refractivity contribution in [2.75, 3.05) is 0 Å². The first kappa shape index (κ1) is 8.82. The van der Waals surface area contributed by atoms with Crippen molar-refractivity contribution in [3.8, 4) is 12.3 Å². The summed E-state index contributed by atoms with van der Waals surface area (Å²) >= 11 is -0.125. The monoisotopic (exact) mass is 286 g/mol. The fraction of sp³-hybridized carbons (Fsp3) is 0.182. The number of terminal acetylenes is 1. The van der Waals surface area contributed by atoms with Gasteiger partial charge in [0, 0.05) is 0 Å². The normalized spacial score (nSPS) is 10.2. The van der Waals surface area contributed by atoms with Crippen LogP contribution >= 0.6 is 0 Å². The van der Waals surface area contributed by atoms with E-state index in [1.807, 2.05) is 0 Å². The summed E-state index contributed by atoms with van der Waals surface area (Å²) in [6, 6.07) is 8.57. The Morgan fingerprint density at radius 2 is 2.23 bits per heavy atom. The van der Waals surface area contributed by atoms with Crippen LogP contribution in [0.4, 0.5) is 0 Å². The topological polar surface area (TPSA) is 3.88 Å². The predicted octanol–water partition coefficient (Wildman–Crippen LogP) is 1.13. The Morgan fingerprint density at radius 3 is 3.00 bits per heavy atom. The van der Waals surface area contributed by atoms with Gasteiger partial charge in [0.2, 0.25) is 0 Å². The number of nitrogens with zero attached hydrogens (tertiary/aromatic N) is 1. The van der Waals surface area contributed by atoms with Crippen molar-refractivity contribution in [3.63, 3.8) is 0 Å². The predicted molar refractivity (Wildman–Crippen MR) is 54.7 cm³/mol. The quantitative estimate of drug-likeness (QED) is 0.420. The van der Waals surface area contributed by atoms with Crippen molar-refractivity contribution in [2.24, 2.45) is 0 Å². The third-order valence-electron chi connectivity index (χ3n) is 2.04. The van der Waals surface area contributed by atoms with Crippen LogP contribution in [-0.2, 0) is 6.54 Å². The molecule has 2 rings (SSSR count). The van der Waals surface area contributed by atoms with Crippen LogP contribution in [0, 0.1) is 19.3 Å². The van der Waals surface area contributed by atoms with E-state index in [9.17, 15) is 0 Å². The van der Waals surface area contributed by atoms with E-state index in [0.29, 0.717) is 6.54 Å². The Bertz CT molecular complexity index is 476. The molecule has 0 aliphatic rings. The van der Waals surface area contributed by atoms with E-state index in [2.05, 4.69) is 41.7 Å². The van der Waals surface area contributed by atoms with Gasteiger partial charge < -0.3 is 0 Å². The summed E-state index contributed by atoms with van der Waals surface area (Å²) in [6.45, 7) is 2.91. The first-order valence-corrected chi connectivity index (χ1v) is 6.47. The van der Waals surface area contributed by atoms with E-state index < -0.39 is 0 Å². The molecular formula is C11H10NTe+. The maximum absolute atomic E-state index is 5.34. The van der Waals surface area contributed by atoms with Crippen molar-refractivity contribution < 1.29 is 4.57 Å². The zero-order valence-electron chi connectivity index (χ0n) is 7.45. The maximum atomic E-state index is 5.34. The average Bonchev–Trinajstić information content (AvgIpc) is 2.44. The molecule has 0 spiro atoms. The van der Waals surface area contributed by atoms with Gasteiger partial charge in [0.15, 0.2) is 0 Å². The van der Waals surface area contributed by atoms with Gasteiger partial charge in [-0.2, -0.15) is 0 Å². The first-order valence-electron chi connectivity index (χ1n) is 4.14. The molecule has 0 saturated heterocycles. The Kier molecular flexibility index (Phi) is 2.40. The molecule has 0 N–H and O–H groups in total. The molecule has 13 heavy (non-hydrogen) atoms. The van der Waals surface area contributed by atoms with Crippen LogP contribution in [0.25, 0.3) is 8.92 Å². The Hall–Kier alpha value is -0.760. The molecule has 0 radical (unpaired) electrons. The summed E-state index contributed by atoms with van der Waals surface area (Å²) in [6.07, 6.45) is 5.34. The van der Waals surface area contributed by atoms with Gasteiger partial charge in [-0.1, -0.05) is 0 Å². The Labute approximate surface area is 87.6 Å². The van der Waals surface area contributed by atoms with Crippen LogP contribution in [-0.4, -0.2) is 20.4 Å². The van der Waals surface area contributed by atoms with E-state index >= 15 is 0 Å². The van der Waals surface area contributed by atoms with Gasteiger partial charge in [0.25, 0.3) is 0 Å². The second-order valence-corrected chi connectivity index (χ2v) is 6.40. The summed E-state index contributed by atoms with van der Waals surface area (Å²) < 4.78 is 5.25. The molecule has 0 fully saturated rings. The van der Waals surface area contributed by atoms with Crippen molar-refractivity contribution in [2.45, 2.75) is 13.5 Å². The second kappa shape index (κ2) is 3.54. The number of hydrogen-bond acceptors (Lipinski definition) is 0. The summed E-state index contributed by atoms with van der Waals surface area (Å²) in [5.74, 6) is 2.71. The number of hydrogen-bond donors (Lipinski definition) is 0. The molecular weight excluding hydrogens is 274 g/mol. The van der Waals surface area contributed by atoms with Crippen LogP contribution in [0.5, 0.6) is 0 Å². The zero-order chi connectivity index (χ0) is 9.26. The molecule has 1 aromatic carbocycles. The van der Waals surface area contributed by atoms with E-state index in [0.717, 1.165) is 0 Å². The molecule has 0 unspecified atom stereocenters. The number of para-hydroxylation sites is 1. The van der Waals surface area contributed by atoms with Crippen molar-refractivity contribution in [1.29, 1.82) is 0 Å². The number of aryl methyl sites for hydroxylation is 1.